The summed E-state index contributed by atoms with van der Waals surface area (Å²) >= 11 is 4.94. The van der Waals surface area contributed by atoms with E-state index in [0.717, 1.165) is 29.9 Å². The van der Waals surface area contributed by atoms with Crippen molar-refractivity contribution in [1.82, 2.24) is 0 Å². The highest BCUT2D eigenvalue weighted by molar-refractivity contribution is 7.80. The van der Waals surface area contributed by atoms with E-state index < -0.39 is 0 Å². The fourth-order valence-electron chi connectivity index (χ4n) is 2.03. The summed E-state index contributed by atoms with van der Waals surface area (Å²) in [5.41, 5.74) is 8.62. The fraction of sp³-hybridized carbons (Fsp3) is 0.188. The van der Waals surface area contributed by atoms with Crippen molar-refractivity contribution in [1.29, 1.82) is 0 Å². The van der Waals surface area contributed by atoms with Gasteiger partial charge in [0.1, 0.15) is 10.8 Å². The lowest BCUT2D eigenvalue weighted by atomic mass is 10.1. The van der Waals surface area contributed by atoms with E-state index in [4.69, 9.17) is 18.0 Å². The van der Waals surface area contributed by atoms with Gasteiger partial charge in [0.15, 0.2) is 0 Å². The van der Waals surface area contributed by atoms with Crippen molar-refractivity contribution in [3.05, 3.63) is 65.5 Å². The van der Waals surface area contributed by atoms with Gasteiger partial charge in [0.2, 0.25) is 0 Å². The van der Waals surface area contributed by atoms with Gasteiger partial charge >= 0.3 is 0 Å². The highest BCUT2D eigenvalue weighted by Crippen LogP contribution is 2.18. The number of nitrogens with two attached hydrogens (primary N) is 1. The van der Waals surface area contributed by atoms with Gasteiger partial charge in [-0.3, -0.25) is 0 Å². The molecule has 2 aromatic rings. The number of thiocarbonyl (C=S) groups is 1. The molecule has 0 amide bonds. The summed E-state index contributed by atoms with van der Waals surface area (Å²) in [5.74, 6) is -0.217. The molecular weight excluding hydrogens is 271 g/mol. The van der Waals surface area contributed by atoms with Crippen molar-refractivity contribution < 1.29 is 4.39 Å². The molecule has 2 N–H and O–H groups in total. The Bertz CT molecular complexity index is 578. The molecule has 4 heteroatoms. The van der Waals surface area contributed by atoms with E-state index in [2.05, 4.69) is 11.8 Å². The minimum absolute atomic E-state index is 0.217. The van der Waals surface area contributed by atoms with Crippen LogP contribution in [0.25, 0.3) is 0 Å². The van der Waals surface area contributed by atoms with Crippen LogP contribution in [0.4, 0.5) is 10.1 Å². The van der Waals surface area contributed by atoms with E-state index in [1.54, 1.807) is 12.1 Å². The van der Waals surface area contributed by atoms with E-state index in [1.807, 2.05) is 24.3 Å². The number of benzene rings is 2. The molecule has 0 aliphatic rings. The molecule has 20 heavy (non-hydrogen) atoms. The standard InChI is InChI=1S/C16H17FN2S/c1-2-19(15-9-7-14(17)8-10-15)11-12-3-5-13(6-4-12)16(18)20/h3-10H,2,11H2,1H3,(H2,18,20). The number of hydrogen-bond acceptors (Lipinski definition) is 2. The summed E-state index contributed by atoms with van der Waals surface area (Å²) in [4.78, 5) is 2.58. The lowest BCUT2D eigenvalue weighted by Crippen LogP contribution is -2.22. The van der Waals surface area contributed by atoms with Crippen LogP contribution >= 0.6 is 12.2 Å². The van der Waals surface area contributed by atoms with Crippen LogP contribution in [0.15, 0.2) is 48.5 Å². The second kappa shape index (κ2) is 6.48. The van der Waals surface area contributed by atoms with Crippen molar-refractivity contribution >= 4 is 22.9 Å². The maximum absolute atomic E-state index is 13.0. The van der Waals surface area contributed by atoms with Crippen molar-refractivity contribution in [3.63, 3.8) is 0 Å². The second-order valence-electron chi connectivity index (χ2n) is 4.55. The largest absolute Gasteiger partial charge is 0.389 e. The molecule has 104 valence electrons. The lowest BCUT2D eigenvalue weighted by molar-refractivity contribution is 0.627. The maximum atomic E-state index is 13.0. The van der Waals surface area contributed by atoms with Gasteiger partial charge in [-0.2, -0.15) is 0 Å². The first-order chi connectivity index (χ1) is 9.60. The van der Waals surface area contributed by atoms with Crippen molar-refractivity contribution in [2.45, 2.75) is 13.5 Å². The molecular formula is C16H17FN2S. The molecule has 0 aliphatic carbocycles. The van der Waals surface area contributed by atoms with Gasteiger partial charge < -0.3 is 10.6 Å². The average Bonchev–Trinajstić information content (AvgIpc) is 2.46. The van der Waals surface area contributed by atoms with E-state index in [9.17, 15) is 4.39 Å². The van der Waals surface area contributed by atoms with Crippen LogP contribution in [-0.4, -0.2) is 11.5 Å². The quantitative estimate of drug-likeness (QED) is 0.854. The first kappa shape index (κ1) is 14.5. The van der Waals surface area contributed by atoms with E-state index in [1.165, 1.54) is 12.1 Å². The highest BCUT2D eigenvalue weighted by Gasteiger charge is 2.06. The highest BCUT2D eigenvalue weighted by atomic mass is 32.1. The van der Waals surface area contributed by atoms with Crippen LogP contribution in [0.2, 0.25) is 0 Å². The zero-order chi connectivity index (χ0) is 14.5. The Hall–Kier alpha value is -1.94. The average molecular weight is 288 g/mol. The molecule has 0 fully saturated rings. The number of nitrogens with zero attached hydrogens (tertiary/aromatic N) is 1. The molecule has 0 saturated carbocycles. The lowest BCUT2D eigenvalue weighted by Gasteiger charge is -2.23. The summed E-state index contributed by atoms with van der Waals surface area (Å²) in [6.45, 7) is 3.69. The molecule has 0 atom stereocenters. The summed E-state index contributed by atoms with van der Waals surface area (Å²) < 4.78 is 13.0. The third-order valence-corrected chi connectivity index (χ3v) is 3.42. The van der Waals surface area contributed by atoms with Gasteiger partial charge in [-0.25, -0.2) is 4.39 Å². The molecule has 0 radical (unpaired) electrons. The number of anilines is 1. The first-order valence-corrected chi connectivity index (χ1v) is 6.90. The molecule has 0 aliphatic heterocycles. The van der Waals surface area contributed by atoms with Crippen molar-refractivity contribution in [3.8, 4) is 0 Å². The minimum Gasteiger partial charge on any atom is -0.389 e. The van der Waals surface area contributed by atoms with Gasteiger partial charge in [-0.15, -0.1) is 0 Å². The monoisotopic (exact) mass is 288 g/mol. The molecule has 0 bridgehead atoms. The molecule has 2 nitrogen and oxygen atoms in total. The molecule has 0 saturated heterocycles. The third kappa shape index (κ3) is 3.54. The van der Waals surface area contributed by atoms with Gasteiger partial charge in [0, 0.05) is 24.3 Å². The van der Waals surface area contributed by atoms with Gasteiger partial charge in [-0.05, 0) is 36.8 Å². The SMILES string of the molecule is CCN(Cc1ccc(C(N)=S)cc1)c1ccc(F)cc1. The van der Waals surface area contributed by atoms with Gasteiger partial charge in [-0.1, -0.05) is 36.5 Å². The predicted octanol–water partition coefficient (Wildman–Crippen LogP) is 3.49. The molecule has 0 spiro atoms. The molecule has 2 aromatic carbocycles. The van der Waals surface area contributed by atoms with E-state index in [-0.39, 0.29) is 5.82 Å². The van der Waals surface area contributed by atoms with Crippen LogP contribution in [0.5, 0.6) is 0 Å². The number of halogens is 1. The predicted molar refractivity (Wildman–Crippen MR) is 85.5 cm³/mol. The van der Waals surface area contributed by atoms with E-state index >= 15 is 0 Å². The van der Waals surface area contributed by atoms with Crippen LogP contribution in [0, 0.1) is 5.82 Å². The number of hydrogen-bond donors (Lipinski definition) is 1. The summed E-state index contributed by atoms with van der Waals surface area (Å²) in [7, 11) is 0. The van der Waals surface area contributed by atoms with Crippen LogP contribution in [0.3, 0.4) is 0 Å². The topological polar surface area (TPSA) is 29.3 Å². The Kier molecular flexibility index (Phi) is 4.69. The Balaban J connectivity index is 2.13. The molecule has 2 rings (SSSR count). The Morgan fingerprint density at radius 1 is 1.10 bits per heavy atom. The molecule has 0 aromatic heterocycles. The van der Waals surface area contributed by atoms with E-state index in [0.29, 0.717) is 4.99 Å². The van der Waals surface area contributed by atoms with Crippen molar-refractivity contribution in [2.24, 2.45) is 5.73 Å². The van der Waals surface area contributed by atoms with Crippen LogP contribution in [0.1, 0.15) is 18.1 Å². The number of rotatable bonds is 5. The zero-order valence-electron chi connectivity index (χ0n) is 11.3. The molecule has 0 heterocycles. The zero-order valence-corrected chi connectivity index (χ0v) is 12.2. The third-order valence-electron chi connectivity index (χ3n) is 3.19. The summed E-state index contributed by atoms with van der Waals surface area (Å²) in [5, 5.41) is 0. The molecule has 0 unspecified atom stereocenters. The van der Waals surface area contributed by atoms with Crippen LogP contribution in [-0.2, 0) is 6.54 Å². The Morgan fingerprint density at radius 3 is 2.20 bits per heavy atom. The smallest absolute Gasteiger partial charge is 0.123 e. The van der Waals surface area contributed by atoms with Gasteiger partial charge in [0.25, 0.3) is 0 Å². The summed E-state index contributed by atoms with van der Waals surface area (Å²) in [6.07, 6.45) is 0. The fourth-order valence-corrected chi connectivity index (χ4v) is 2.17. The second-order valence-corrected chi connectivity index (χ2v) is 4.99. The first-order valence-electron chi connectivity index (χ1n) is 6.49. The van der Waals surface area contributed by atoms with Crippen LogP contribution < -0.4 is 10.6 Å². The maximum Gasteiger partial charge on any atom is 0.123 e. The minimum atomic E-state index is -0.217. The van der Waals surface area contributed by atoms with Gasteiger partial charge in [0.05, 0.1) is 0 Å². The summed E-state index contributed by atoms with van der Waals surface area (Å²) in [6, 6.07) is 14.4. The van der Waals surface area contributed by atoms with Crippen molar-refractivity contribution in [2.75, 3.05) is 11.4 Å². The normalized spacial score (nSPS) is 10.3. The Labute approximate surface area is 124 Å². The Morgan fingerprint density at radius 2 is 1.70 bits per heavy atom.